The smallest absolute Gasteiger partial charge is 0.169 e. The van der Waals surface area contributed by atoms with Crippen LogP contribution in [-0.4, -0.2) is 7.05 Å². The fourth-order valence-electron chi connectivity index (χ4n) is 1.94. The van der Waals surface area contributed by atoms with Gasteiger partial charge >= 0.3 is 0 Å². The van der Waals surface area contributed by atoms with Gasteiger partial charge in [0.2, 0.25) is 0 Å². The summed E-state index contributed by atoms with van der Waals surface area (Å²) in [5.41, 5.74) is 2.07. The molecule has 0 radical (unpaired) electrons. The molecule has 2 rings (SSSR count). The van der Waals surface area contributed by atoms with E-state index in [-0.39, 0.29) is 11.9 Å². The first-order valence-electron chi connectivity index (χ1n) is 5.77. The Morgan fingerprint density at radius 1 is 1.33 bits per heavy atom. The quantitative estimate of drug-likeness (QED) is 0.923. The van der Waals surface area contributed by atoms with Gasteiger partial charge in [0.25, 0.3) is 0 Å². The van der Waals surface area contributed by atoms with Crippen LogP contribution in [0.5, 0.6) is 0 Å². The van der Waals surface area contributed by atoms with E-state index < -0.39 is 0 Å². The molecule has 1 aromatic carbocycles. The van der Waals surface area contributed by atoms with Gasteiger partial charge in [-0.3, -0.25) is 0 Å². The molecule has 0 amide bonds. The zero-order valence-electron chi connectivity index (χ0n) is 10.3. The molecule has 18 heavy (non-hydrogen) atoms. The Bertz CT molecular complexity index is 538. The molecule has 0 saturated carbocycles. The highest BCUT2D eigenvalue weighted by atomic mass is 79.9. The van der Waals surface area contributed by atoms with Crippen LogP contribution in [-0.2, 0) is 6.42 Å². The van der Waals surface area contributed by atoms with E-state index in [0.29, 0.717) is 11.1 Å². The van der Waals surface area contributed by atoms with Crippen LogP contribution in [0.3, 0.4) is 0 Å². The summed E-state index contributed by atoms with van der Waals surface area (Å²) in [5.74, 6) is 0.638. The Labute approximate surface area is 114 Å². The lowest BCUT2D eigenvalue weighted by Crippen LogP contribution is -2.18. The van der Waals surface area contributed by atoms with Crippen LogP contribution >= 0.6 is 15.9 Å². The normalized spacial score (nSPS) is 12.7. The van der Waals surface area contributed by atoms with E-state index in [1.165, 1.54) is 6.07 Å². The molecule has 0 aliphatic heterocycles. The van der Waals surface area contributed by atoms with E-state index in [9.17, 15) is 4.39 Å². The van der Waals surface area contributed by atoms with E-state index in [1.54, 1.807) is 12.1 Å². The SMILES string of the molecule is CNC(Cc1cc(F)ccc1C)c1ccc(Br)o1. The molecule has 0 saturated heterocycles. The van der Waals surface area contributed by atoms with Gasteiger partial charge in [-0.15, -0.1) is 0 Å². The molecule has 0 bridgehead atoms. The molecular formula is C14H15BrFNO. The number of hydrogen-bond acceptors (Lipinski definition) is 2. The zero-order chi connectivity index (χ0) is 13.1. The molecule has 1 atom stereocenters. The number of halogens is 2. The molecule has 0 spiro atoms. The van der Waals surface area contributed by atoms with Crippen molar-refractivity contribution in [2.45, 2.75) is 19.4 Å². The minimum Gasteiger partial charge on any atom is -0.453 e. The van der Waals surface area contributed by atoms with Gasteiger partial charge in [-0.1, -0.05) is 6.07 Å². The third-order valence-corrected chi connectivity index (χ3v) is 3.45. The molecule has 4 heteroatoms. The van der Waals surface area contributed by atoms with E-state index in [4.69, 9.17) is 4.42 Å². The van der Waals surface area contributed by atoms with Gasteiger partial charge in [-0.25, -0.2) is 4.39 Å². The van der Waals surface area contributed by atoms with Crippen molar-refractivity contribution in [1.29, 1.82) is 0 Å². The number of furan rings is 1. The van der Waals surface area contributed by atoms with E-state index >= 15 is 0 Å². The zero-order valence-corrected chi connectivity index (χ0v) is 11.9. The number of rotatable bonds is 4. The summed E-state index contributed by atoms with van der Waals surface area (Å²) < 4.78 is 19.5. The number of hydrogen-bond donors (Lipinski definition) is 1. The molecular weight excluding hydrogens is 297 g/mol. The summed E-state index contributed by atoms with van der Waals surface area (Å²) in [5, 5.41) is 3.19. The second-order valence-electron chi connectivity index (χ2n) is 4.26. The molecule has 0 fully saturated rings. The predicted octanol–water partition coefficient (Wildman–Crippen LogP) is 3.99. The number of nitrogens with one attached hydrogen (secondary N) is 1. The molecule has 0 aliphatic rings. The van der Waals surface area contributed by atoms with Crippen molar-refractivity contribution in [3.63, 3.8) is 0 Å². The number of benzene rings is 1. The fourth-order valence-corrected chi connectivity index (χ4v) is 2.26. The monoisotopic (exact) mass is 311 g/mol. The predicted molar refractivity (Wildman–Crippen MR) is 73.0 cm³/mol. The lowest BCUT2D eigenvalue weighted by molar-refractivity contribution is 0.416. The van der Waals surface area contributed by atoms with Gasteiger partial charge in [-0.05, 0) is 71.7 Å². The summed E-state index contributed by atoms with van der Waals surface area (Å²) in [4.78, 5) is 0. The van der Waals surface area contributed by atoms with E-state index in [2.05, 4.69) is 21.2 Å². The second-order valence-corrected chi connectivity index (χ2v) is 5.04. The largest absolute Gasteiger partial charge is 0.453 e. The standard InChI is InChI=1S/C14H15BrFNO/c1-9-3-4-11(16)7-10(9)8-12(17-2)13-5-6-14(15)18-13/h3-7,12,17H,8H2,1-2H3. The molecule has 96 valence electrons. The van der Waals surface area contributed by atoms with Crippen molar-refractivity contribution in [3.05, 3.63) is 57.7 Å². The number of likely N-dealkylation sites (N-methyl/N-ethyl adjacent to an activating group) is 1. The van der Waals surface area contributed by atoms with Crippen LogP contribution in [0, 0.1) is 12.7 Å². The van der Waals surface area contributed by atoms with Crippen LogP contribution in [0.1, 0.15) is 22.9 Å². The molecule has 2 aromatic rings. The average molecular weight is 312 g/mol. The lowest BCUT2D eigenvalue weighted by atomic mass is 9.99. The average Bonchev–Trinajstić information content (AvgIpc) is 2.77. The summed E-state index contributed by atoms with van der Waals surface area (Å²) in [6, 6.07) is 8.68. The topological polar surface area (TPSA) is 25.2 Å². The lowest BCUT2D eigenvalue weighted by Gasteiger charge is -2.15. The third kappa shape index (κ3) is 3.00. The van der Waals surface area contributed by atoms with Gasteiger partial charge in [0.05, 0.1) is 6.04 Å². The first kappa shape index (κ1) is 13.3. The molecule has 1 heterocycles. The molecule has 1 N–H and O–H groups in total. The summed E-state index contributed by atoms with van der Waals surface area (Å²) in [6.07, 6.45) is 0.694. The highest BCUT2D eigenvalue weighted by Crippen LogP contribution is 2.24. The summed E-state index contributed by atoms with van der Waals surface area (Å²) >= 11 is 3.29. The Morgan fingerprint density at radius 2 is 2.11 bits per heavy atom. The van der Waals surface area contributed by atoms with E-state index in [1.807, 2.05) is 26.1 Å². The van der Waals surface area contributed by atoms with Gasteiger partial charge < -0.3 is 9.73 Å². The fraction of sp³-hybridized carbons (Fsp3) is 0.286. The second kappa shape index (κ2) is 5.67. The summed E-state index contributed by atoms with van der Waals surface area (Å²) in [6.45, 7) is 1.99. The van der Waals surface area contributed by atoms with Crippen molar-refractivity contribution in [1.82, 2.24) is 5.32 Å². The minimum atomic E-state index is -0.203. The van der Waals surface area contributed by atoms with Gasteiger partial charge in [-0.2, -0.15) is 0 Å². The van der Waals surface area contributed by atoms with Gasteiger partial charge in [0, 0.05) is 0 Å². The van der Waals surface area contributed by atoms with Crippen molar-refractivity contribution < 1.29 is 8.81 Å². The maximum atomic E-state index is 13.3. The Balaban J connectivity index is 2.22. The van der Waals surface area contributed by atoms with Crippen molar-refractivity contribution >= 4 is 15.9 Å². The molecule has 1 unspecified atom stereocenters. The Hall–Kier alpha value is -1.13. The molecule has 2 nitrogen and oxygen atoms in total. The Morgan fingerprint density at radius 3 is 2.72 bits per heavy atom. The first-order chi connectivity index (χ1) is 8.60. The van der Waals surface area contributed by atoms with Crippen LogP contribution in [0.4, 0.5) is 4.39 Å². The Kier molecular flexibility index (Phi) is 4.19. The van der Waals surface area contributed by atoms with Crippen LogP contribution in [0.25, 0.3) is 0 Å². The van der Waals surface area contributed by atoms with Crippen LogP contribution < -0.4 is 5.32 Å². The third-order valence-electron chi connectivity index (χ3n) is 3.02. The van der Waals surface area contributed by atoms with Gasteiger partial charge in [0.15, 0.2) is 4.67 Å². The van der Waals surface area contributed by atoms with Gasteiger partial charge in [0.1, 0.15) is 11.6 Å². The van der Waals surface area contributed by atoms with Crippen molar-refractivity contribution in [2.75, 3.05) is 7.05 Å². The van der Waals surface area contributed by atoms with Crippen molar-refractivity contribution in [2.24, 2.45) is 0 Å². The highest BCUT2D eigenvalue weighted by molar-refractivity contribution is 9.10. The number of aryl methyl sites for hydroxylation is 1. The first-order valence-corrected chi connectivity index (χ1v) is 6.57. The summed E-state index contributed by atoms with van der Waals surface area (Å²) in [7, 11) is 1.87. The highest BCUT2D eigenvalue weighted by Gasteiger charge is 2.15. The maximum Gasteiger partial charge on any atom is 0.169 e. The molecule has 1 aromatic heterocycles. The van der Waals surface area contributed by atoms with Crippen LogP contribution in [0.2, 0.25) is 0 Å². The maximum absolute atomic E-state index is 13.3. The minimum absolute atomic E-state index is 0.0387. The van der Waals surface area contributed by atoms with E-state index in [0.717, 1.165) is 16.9 Å². The molecule has 0 aliphatic carbocycles. The van der Waals surface area contributed by atoms with Crippen LogP contribution in [0.15, 0.2) is 39.4 Å². The van der Waals surface area contributed by atoms with Crippen molar-refractivity contribution in [3.8, 4) is 0 Å².